The summed E-state index contributed by atoms with van der Waals surface area (Å²) >= 11 is 1.24. The summed E-state index contributed by atoms with van der Waals surface area (Å²) in [6.07, 6.45) is 0. The topological polar surface area (TPSA) is 113 Å². The van der Waals surface area contributed by atoms with Crippen molar-refractivity contribution in [2.45, 2.75) is 20.8 Å². The molecule has 0 aliphatic rings. The van der Waals surface area contributed by atoms with Gasteiger partial charge in [0.15, 0.2) is 0 Å². The van der Waals surface area contributed by atoms with Crippen molar-refractivity contribution < 1.29 is 19.1 Å². The molecule has 2 aromatic heterocycles. The van der Waals surface area contributed by atoms with E-state index in [0.29, 0.717) is 27.4 Å². The fourth-order valence-corrected chi connectivity index (χ4v) is 3.90. The lowest BCUT2D eigenvalue weighted by Crippen LogP contribution is -2.42. The molecule has 0 bridgehead atoms. The molecule has 0 aliphatic carbocycles. The number of nitrogens with one attached hydrogen (secondary N) is 3. The number of esters is 1. The van der Waals surface area contributed by atoms with E-state index in [1.165, 1.54) is 18.4 Å². The molecule has 0 fully saturated rings. The van der Waals surface area contributed by atoms with Crippen LogP contribution in [0, 0.1) is 20.8 Å². The van der Waals surface area contributed by atoms with Gasteiger partial charge in [0.1, 0.15) is 15.6 Å². The Labute approximate surface area is 171 Å². The van der Waals surface area contributed by atoms with Crippen LogP contribution in [0.25, 0.3) is 10.6 Å². The molecule has 3 aromatic rings. The van der Waals surface area contributed by atoms with Crippen LogP contribution in [0.3, 0.4) is 0 Å². The summed E-state index contributed by atoms with van der Waals surface area (Å²) in [4.78, 5) is 44.5. The number of aromatic amines is 1. The monoisotopic (exact) mass is 412 g/mol. The molecule has 150 valence electrons. The standard InChI is InChI=1S/C20H20N4O4S/c1-10-14(20(27)28-4)11(2)21-15(10)17(25)23-24-18(26)16-12(3)22-19(29-16)13-8-6-5-7-9-13/h5-9,21H,1-4H3,(H,23,25)(H,24,26). The lowest BCUT2D eigenvalue weighted by Gasteiger charge is -2.06. The highest BCUT2D eigenvalue weighted by molar-refractivity contribution is 7.17. The van der Waals surface area contributed by atoms with Gasteiger partial charge in [-0.05, 0) is 26.3 Å². The number of carbonyl (C=O) groups excluding carboxylic acids is 3. The van der Waals surface area contributed by atoms with Gasteiger partial charge < -0.3 is 9.72 Å². The van der Waals surface area contributed by atoms with Gasteiger partial charge in [-0.3, -0.25) is 20.4 Å². The molecule has 9 heteroatoms. The molecule has 0 saturated carbocycles. The molecule has 0 atom stereocenters. The molecule has 8 nitrogen and oxygen atoms in total. The van der Waals surface area contributed by atoms with E-state index >= 15 is 0 Å². The first-order valence-electron chi connectivity index (χ1n) is 8.74. The van der Waals surface area contributed by atoms with Crippen molar-refractivity contribution in [2.24, 2.45) is 0 Å². The van der Waals surface area contributed by atoms with Gasteiger partial charge in [-0.2, -0.15) is 0 Å². The number of thiazole rings is 1. The van der Waals surface area contributed by atoms with Gasteiger partial charge in [-0.25, -0.2) is 9.78 Å². The number of nitrogens with zero attached hydrogens (tertiary/aromatic N) is 1. The third-order valence-corrected chi connectivity index (χ3v) is 5.57. The normalized spacial score (nSPS) is 10.5. The quantitative estimate of drug-likeness (QED) is 0.450. The Hall–Kier alpha value is -3.46. The Morgan fingerprint density at radius 1 is 1.03 bits per heavy atom. The summed E-state index contributed by atoms with van der Waals surface area (Å²) in [6.45, 7) is 5.03. The van der Waals surface area contributed by atoms with Crippen LogP contribution in [0.5, 0.6) is 0 Å². The largest absolute Gasteiger partial charge is 0.465 e. The summed E-state index contributed by atoms with van der Waals surface area (Å²) in [6, 6.07) is 9.53. The van der Waals surface area contributed by atoms with Gasteiger partial charge in [0.2, 0.25) is 0 Å². The molecule has 0 unspecified atom stereocenters. The van der Waals surface area contributed by atoms with Gasteiger partial charge in [-0.15, -0.1) is 11.3 Å². The number of methoxy groups -OCH3 is 1. The third kappa shape index (κ3) is 4.04. The maximum Gasteiger partial charge on any atom is 0.339 e. The second-order valence-corrected chi connectivity index (χ2v) is 7.32. The Morgan fingerprint density at radius 2 is 1.69 bits per heavy atom. The minimum Gasteiger partial charge on any atom is -0.465 e. The second-order valence-electron chi connectivity index (χ2n) is 6.32. The minimum atomic E-state index is -0.570. The number of H-pyrrole nitrogens is 1. The average molecular weight is 412 g/mol. The maximum absolute atomic E-state index is 12.5. The highest BCUT2D eigenvalue weighted by Crippen LogP contribution is 2.27. The third-order valence-electron chi connectivity index (χ3n) is 4.37. The summed E-state index contributed by atoms with van der Waals surface area (Å²) in [5.74, 6) is -1.57. The Kier molecular flexibility index (Phi) is 5.79. The van der Waals surface area contributed by atoms with E-state index in [9.17, 15) is 14.4 Å². The van der Waals surface area contributed by atoms with Crippen LogP contribution in [0.2, 0.25) is 0 Å². The minimum absolute atomic E-state index is 0.175. The van der Waals surface area contributed by atoms with E-state index in [0.717, 1.165) is 10.6 Å². The van der Waals surface area contributed by atoms with E-state index in [-0.39, 0.29) is 5.69 Å². The van der Waals surface area contributed by atoms with Crippen LogP contribution in [-0.4, -0.2) is 34.9 Å². The van der Waals surface area contributed by atoms with Gasteiger partial charge in [0.25, 0.3) is 11.8 Å². The fraction of sp³-hybridized carbons (Fsp3) is 0.200. The van der Waals surface area contributed by atoms with Gasteiger partial charge in [-0.1, -0.05) is 30.3 Å². The van der Waals surface area contributed by atoms with Gasteiger partial charge in [0, 0.05) is 11.3 Å². The molecule has 3 N–H and O–H groups in total. The number of hydrogen-bond donors (Lipinski definition) is 3. The van der Waals surface area contributed by atoms with Crippen LogP contribution in [0.1, 0.15) is 47.5 Å². The summed E-state index contributed by atoms with van der Waals surface area (Å²) in [5.41, 5.74) is 7.68. The SMILES string of the molecule is COC(=O)c1c(C)[nH]c(C(=O)NNC(=O)c2sc(-c3ccccc3)nc2C)c1C. The summed E-state index contributed by atoms with van der Waals surface area (Å²) in [7, 11) is 1.27. The number of ether oxygens (including phenoxy) is 1. The van der Waals surface area contributed by atoms with E-state index in [1.54, 1.807) is 20.8 Å². The predicted octanol–water partition coefficient (Wildman–Crippen LogP) is 2.92. The molecular weight excluding hydrogens is 392 g/mol. The van der Waals surface area contributed by atoms with E-state index < -0.39 is 17.8 Å². The van der Waals surface area contributed by atoms with Crippen molar-refractivity contribution >= 4 is 29.1 Å². The molecule has 0 aliphatic heterocycles. The first-order chi connectivity index (χ1) is 13.8. The van der Waals surface area contributed by atoms with Crippen molar-refractivity contribution in [1.82, 2.24) is 20.8 Å². The summed E-state index contributed by atoms with van der Waals surface area (Å²) < 4.78 is 4.73. The van der Waals surface area contributed by atoms with Crippen molar-refractivity contribution in [1.29, 1.82) is 0 Å². The van der Waals surface area contributed by atoms with E-state index in [1.807, 2.05) is 30.3 Å². The molecule has 0 radical (unpaired) electrons. The number of carbonyl (C=O) groups is 3. The number of amides is 2. The van der Waals surface area contributed by atoms with Crippen molar-refractivity contribution in [2.75, 3.05) is 7.11 Å². The molecule has 1 aromatic carbocycles. The molecular formula is C20H20N4O4S. The zero-order valence-corrected chi connectivity index (χ0v) is 17.2. The smallest absolute Gasteiger partial charge is 0.339 e. The first-order valence-corrected chi connectivity index (χ1v) is 9.56. The molecule has 0 spiro atoms. The molecule has 2 amide bonds. The molecule has 0 saturated heterocycles. The van der Waals surface area contributed by atoms with E-state index in [4.69, 9.17) is 4.74 Å². The number of hydrogen-bond acceptors (Lipinski definition) is 6. The lowest BCUT2D eigenvalue weighted by atomic mass is 10.1. The van der Waals surface area contributed by atoms with Crippen LogP contribution < -0.4 is 10.9 Å². The van der Waals surface area contributed by atoms with Gasteiger partial charge >= 0.3 is 5.97 Å². The maximum atomic E-state index is 12.5. The number of aromatic nitrogens is 2. The second kappa shape index (κ2) is 8.27. The zero-order valence-electron chi connectivity index (χ0n) is 16.4. The van der Waals surface area contributed by atoms with Gasteiger partial charge in [0.05, 0.1) is 18.4 Å². The molecule has 29 heavy (non-hydrogen) atoms. The predicted molar refractivity (Wildman–Crippen MR) is 109 cm³/mol. The summed E-state index contributed by atoms with van der Waals surface area (Å²) in [5, 5.41) is 0.720. The Morgan fingerprint density at radius 3 is 2.34 bits per heavy atom. The van der Waals surface area contributed by atoms with Crippen molar-refractivity contribution in [3.05, 3.63) is 63.4 Å². The van der Waals surface area contributed by atoms with Crippen LogP contribution in [0.15, 0.2) is 30.3 Å². The fourth-order valence-electron chi connectivity index (χ4n) is 2.93. The molecule has 2 heterocycles. The number of rotatable bonds is 4. The van der Waals surface area contributed by atoms with Crippen LogP contribution in [-0.2, 0) is 4.74 Å². The number of aryl methyl sites for hydroxylation is 2. The first kappa shape index (κ1) is 20.3. The lowest BCUT2D eigenvalue weighted by molar-refractivity contribution is 0.0599. The van der Waals surface area contributed by atoms with Crippen LogP contribution >= 0.6 is 11.3 Å². The zero-order chi connectivity index (χ0) is 21.1. The van der Waals surface area contributed by atoms with Crippen LogP contribution in [0.4, 0.5) is 0 Å². The highest BCUT2D eigenvalue weighted by atomic mass is 32.1. The highest BCUT2D eigenvalue weighted by Gasteiger charge is 2.23. The Balaban J connectivity index is 1.73. The van der Waals surface area contributed by atoms with E-state index in [2.05, 4.69) is 20.8 Å². The molecule has 3 rings (SSSR count). The number of hydrazine groups is 1. The Bertz CT molecular complexity index is 1090. The number of benzene rings is 1. The average Bonchev–Trinajstić information content (AvgIpc) is 3.25. The van der Waals surface area contributed by atoms with Crippen molar-refractivity contribution in [3.8, 4) is 10.6 Å². The van der Waals surface area contributed by atoms with Crippen molar-refractivity contribution in [3.63, 3.8) is 0 Å².